The van der Waals surface area contributed by atoms with Gasteiger partial charge in [-0.25, -0.2) is 18.4 Å². The highest BCUT2D eigenvalue weighted by Gasteiger charge is 2.41. The zero-order valence-corrected chi connectivity index (χ0v) is 19.6. The molecule has 0 aliphatic carbocycles. The molecular formula is C17H26F3IN4O3S. The average Bonchev–Trinajstić information content (AvgIpc) is 2.59. The van der Waals surface area contributed by atoms with Crippen molar-refractivity contribution in [1.29, 1.82) is 0 Å². The van der Waals surface area contributed by atoms with Crippen molar-refractivity contribution in [3.05, 3.63) is 23.9 Å². The summed E-state index contributed by atoms with van der Waals surface area (Å²) in [6, 6.07) is 2.11. The summed E-state index contributed by atoms with van der Waals surface area (Å²) in [7, 11) is -3.19. The van der Waals surface area contributed by atoms with Crippen LogP contribution in [-0.2, 0) is 16.0 Å². The summed E-state index contributed by atoms with van der Waals surface area (Å²) in [5, 5.41) is 3.08. The minimum atomic E-state index is -4.55. The number of hydrogen-bond acceptors (Lipinski definition) is 5. The Kier molecular flexibility index (Phi) is 8.99. The van der Waals surface area contributed by atoms with Crippen molar-refractivity contribution in [1.82, 2.24) is 15.2 Å². The number of alkyl halides is 3. The number of guanidine groups is 1. The number of ether oxygens (including phenoxy) is 1. The average molecular weight is 550 g/mol. The van der Waals surface area contributed by atoms with E-state index in [1.54, 1.807) is 13.8 Å². The van der Waals surface area contributed by atoms with Crippen LogP contribution in [-0.4, -0.2) is 67.5 Å². The van der Waals surface area contributed by atoms with Gasteiger partial charge in [-0.2, -0.15) is 13.2 Å². The second-order valence-electron chi connectivity index (χ2n) is 6.94. The Morgan fingerprint density at radius 3 is 2.69 bits per heavy atom. The van der Waals surface area contributed by atoms with Crippen molar-refractivity contribution in [3.63, 3.8) is 0 Å². The fourth-order valence-corrected chi connectivity index (χ4v) is 4.13. The van der Waals surface area contributed by atoms with Crippen LogP contribution in [0.4, 0.5) is 13.2 Å². The first-order valence-corrected chi connectivity index (χ1v) is 10.5. The van der Waals surface area contributed by atoms with E-state index in [0.717, 1.165) is 6.07 Å². The van der Waals surface area contributed by atoms with Gasteiger partial charge >= 0.3 is 6.18 Å². The largest absolute Gasteiger partial charge is 0.475 e. The van der Waals surface area contributed by atoms with E-state index in [9.17, 15) is 21.6 Å². The molecule has 1 fully saturated rings. The minimum absolute atomic E-state index is 0. The van der Waals surface area contributed by atoms with E-state index in [1.165, 1.54) is 12.3 Å². The molecule has 0 aromatic carbocycles. The van der Waals surface area contributed by atoms with Gasteiger partial charge in [-0.3, -0.25) is 0 Å². The van der Waals surface area contributed by atoms with Crippen LogP contribution in [0.2, 0.25) is 0 Å². The van der Waals surface area contributed by atoms with Crippen LogP contribution in [0.15, 0.2) is 23.3 Å². The highest BCUT2D eigenvalue weighted by Crippen LogP contribution is 2.34. The number of aliphatic imine (C=N–C) groups is 1. The second kappa shape index (κ2) is 10.1. The third-order valence-corrected chi connectivity index (χ3v) is 6.88. The van der Waals surface area contributed by atoms with Gasteiger partial charge in [0.1, 0.15) is 12.2 Å². The lowest BCUT2D eigenvalue weighted by molar-refractivity contribution is -0.139. The molecule has 0 amide bonds. The predicted octanol–water partition coefficient (Wildman–Crippen LogP) is 2.57. The molecule has 0 saturated carbocycles. The highest BCUT2D eigenvalue weighted by molar-refractivity contribution is 14.0. The summed E-state index contributed by atoms with van der Waals surface area (Å²) >= 11 is 0. The van der Waals surface area contributed by atoms with Gasteiger partial charge in [0.2, 0.25) is 5.88 Å². The summed E-state index contributed by atoms with van der Waals surface area (Å²) in [5.41, 5.74) is -0.936. The van der Waals surface area contributed by atoms with E-state index >= 15 is 0 Å². The third-order valence-electron chi connectivity index (χ3n) is 4.35. The van der Waals surface area contributed by atoms with Crippen molar-refractivity contribution in [2.75, 3.05) is 38.5 Å². The highest BCUT2D eigenvalue weighted by atomic mass is 127. The minimum Gasteiger partial charge on any atom is -0.475 e. The molecule has 166 valence electrons. The monoisotopic (exact) mass is 550 g/mol. The lowest BCUT2D eigenvalue weighted by atomic mass is 10.2. The van der Waals surface area contributed by atoms with Crippen LogP contribution in [0.25, 0.3) is 0 Å². The molecule has 12 heteroatoms. The third kappa shape index (κ3) is 6.59. The van der Waals surface area contributed by atoms with Crippen LogP contribution in [0.1, 0.15) is 26.3 Å². The first-order valence-electron chi connectivity index (χ1n) is 8.88. The number of nitrogens with one attached hydrogen (secondary N) is 1. The molecule has 0 radical (unpaired) electrons. The molecule has 7 nitrogen and oxygen atoms in total. The zero-order chi connectivity index (χ0) is 21.0. The number of pyridine rings is 1. The van der Waals surface area contributed by atoms with Gasteiger partial charge in [-0.15, -0.1) is 24.0 Å². The van der Waals surface area contributed by atoms with Crippen LogP contribution >= 0.6 is 24.0 Å². The molecular weight excluding hydrogens is 524 g/mol. The molecule has 29 heavy (non-hydrogen) atoms. The topological polar surface area (TPSA) is 83.9 Å². The van der Waals surface area contributed by atoms with Gasteiger partial charge in [-0.1, -0.05) is 0 Å². The van der Waals surface area contributed by atoms with Gasteiger partial charge in [0, 0.05) is 25.8 Å². The molecule has 1 aromatic rings. The van der Waals surface area contributed by atoms with Crippen LogP contribution in [0.5, 0.6) is 5.88 Å². The van der Waals surface area contributed by atoms with E-state index in [0.29, 0.717) is 19.0 Å². The van der Waals surface area contributed by atoms with E-state index in [2.05, 4.69) is 15.3 Å². The zero-order valence-electron chi connectivity index (χ0n) is 16.5. The Bertz CT molecular complexity index is 816. The van der Waals surface area contributed by atoms with Crippen LogP contribution in [0, 0.1) is 0 Å². The molecule has 0 unspecified atom stereocenters. The standard InChI is InChI=1S/C17H25F3N4O3S.HI/c1-4-21-15(24-9-11-28(25,26)16(2,3)12-24)23-8-10-27-14-13(17(18,19)20)6-5-7-22-14;/h5-7H,4,8-12H2,1-3H3,(H,21,23);1H. The van der Waals surface area contributed by atoms with Crippen LogP contribution in [0.3, 0.4) is 0 Å². The summed E-state index contributed by atoms with van der Waals surface area (Å²) in [4.78, 5) is 9.84. The number of nitrogens with zero attached hydrogens (tertiary/aromatic N) is 3. The molecule has 0 bridgehead atoms. The van der Waals surface area contributed by atoms with E-state index in [4.69, 9.17) is 4.74 Å². The lowest BCUT2D eigenvalue weighted by Crippen LogP contribution is -2.57. The van der Waals surface area contributed by atoms with Gasteiger partial charge in [0.05, 0.1) is 17.0 Å². The number of rotatable bonds is 5. The number of aromatic nitrogens is 1. The van der Waals surface area contributed by atoms with Crippen molar-refractivity contribution in [2.45, 2.75) is 31.7 Å². The first-order chi connectivity index (χ1) is 13.0. The van der Waals surface area contributed by atoms with Crippen molar-refractivity contribution < 1.29 is 26.3 Å². The van der Waals surface area contributed by atoms with Gasteiger partial charge in [0.25, 0.3) is 0 Å². The Labute approximate surface area is 186 Å². The first kappa shape index (κ1) is 25.7. The molecule has 1 N–H and O–H groups in total. The fraction of sp³-hybridized carbons (Fsp3) is 0.647. The maximum atomic E-state index is 13.0. The van der Waals surface area contributed by atoms with Crippen molar-refractivity contribution >= 4 is 39.8 Å². The van der Waals surface area contributed by atoms with E-state index < -0.39 is 32.2 Å². The SMILES string of the molecule is CCNC(=NCCOc1ncccc1C(F)(F)F)N1CCS(=O)(=O)C(C)(C)C1.I. The number of halogens is 4. The smallest absolute Gasteiger partial charge is 0.421 e. The summed E-state index contributed by atoms with van der Waals surface area (Å²) in [6.07, 6.45) is -3.32. The van der Waals surface area contributed by atoms with Crippen molar-refractivity contribution in [3.8, 4) is 5.88 Å². The maximum absolute atomic E-state index is 13.0. The second-order valence-corrected chi connectivity index (χ2v) is 9.68. The summed E-state index contributed by atoms with van der Waals surface area (Å²) in [6.45, 7) is 6.37. The maximum Gasteiger partial charge on any atom is 0.421 e. The molecule has 1 saturated heterocycles. The summed E-state index contributed by atoms with van der Waals surface area (Å²) in [5.74, 6) is 0.0376. The van der Waals surface area contributed by atoms with Crippen LogP contribution < -0.4 is 10.1 Å². The normalized spacial score (nSPS) is 18.7. The molecule has 1 aliphatic heterocycles. The number of hydrogen-bond donors (Lipinski definition) is 1. The molecule has 1 aromatic heterocycles. The van der Waals surface area contributed by atoms with E-state index in [1.807, 2.05) is 11.8 Å². The number of sulfone groups is 1. The molecule has 2 rings (SSSR count). The molecule has 1 aliphatic rings. The van der Waals surface area contributed by atoms with Gasteiger partial charge < -0.3 is 15.0 Å². The molecule has 0 atom stereocenters. The Balaban J connectivity index is 0.00000420. The lowest BCUT2D eigenvalue weighted by Gasteiger charge is -2.39. The summed E-state index contributed by atoms with van der Waals surface area (Å²) < 4.78 is 67.4. The Morgan fingerprint density at radius 1 is 1.41 bits per heavy atom. The van der Waals surface area contributed by atoms with Gasteiger partial charge in [0.15, 0.2) is 15.8 Å². The quantitative estimate of drug-likeness (QED) is 0.263. The Hall–Kier alpha value is -1.31. The predicted molar refractivity (Wildman–Crippen MR) is 116 cm³/mol. The van der Waals surface area contributed by atoms with Gasteiger partial charge in [-0.05, 0) is 32.9 Å². The fourth-order valence-electron chi connectivity index (χ4n) is 2.77. The molecule has 2 heterocycles. The van der Waals surface area contributed by atoms with Crippen molar-refractivity contribution in [2.24, 2.45) is 4.99 Å². The Morgan fingerprint density at radius 2 is 2.10 bits per heavy atom. The molecule has 0 spiro atoms. The van der Waals surface area contributed by atoms with E-state index in [-0.39, 0.29) is 49.4 Å².